The van der Waals surface area contributed by atoms with Gasteiger partial charge in [-0.05, 0) is 30.5 Å². The lowest BCUT2D eigenvalue weighted by molar-refractivity contribution is 0.0341. The number of aliphatic hydroxyl groups excluding tert-OH is 1. The maximum absolute atomic E-state index is 10.5. The monoisotopic (exact) mass is 410 g/mol. The van der Waals surface area contributed by atoms with Crippen LogP contribution in [0.1, 0.15) is 35.3 Å². The van der Waals surface area contributed by atoms with Crippen LogP contribution in [0.25, 0.3) is 0 Å². The van der Waals surface area contributed by atoms with E-state index in [2.05, 4.69) is 39.8 Å². The second kappa shape index (κ2) is 11.7. The Bertz CT molecular complexity index is 801. The Morgan fingerprint density at radius 2 is 1.77 bits per heavy atom. The Balaban J connectivity index is 1.60. The lowest BCUT2D eigenvalue weighted by Gasteiger charge is -2.27. The molecule has 0 aliphatic carbocycles. The quantitative estimate of drug-likeness (QED) is 0.461. The summed E-state index contributed by atoms with van der Waals surface area (Å²) in [5.74, 6) is 0.713. The van der Waals surface area contributed by atoms with Crippen LogP contribution in [0, 0.1) is 6.92 Å². The molecule has 3 N–H and O–H groups in total. The SMILES string of the molecule is CCNC(=NCc1ccccc1CN1CCOCC1)NCC(O)c1ccc(C)cc1. The molecule has 6 heteroatoms. The number of rotatable bonds is 8. The van der Waals surface area contributed by atoms with E-state index in [0.717, 1.165) is 45.0 Å². The summed E-state index contributed by atoms with van der Waals surface area (Å²) in [5, 5.41) is 17.0. The Morgan fingerprint density at radius 3 is 2.47 bits per heavy atom. The van der Waals surface area contributed by atoms with Crippen molar-refractivity contribution in [3.05, 3.63) is 70.8 Å². The summed E-state index contributed by atoms with van der Waals surface area (Å²) in [5.41, 5.74) is 4.61. The lowest BCUT2D eigenvalue weighted by Crippen LogP contribution is -2.39. The average molecular weight is 411 g/mol. The van der Waals surface area contributed by atoms with Gasteiger partial charge >= 0.3 is 0 Å². The summed E-state index contributed by atoms with van der Waals surface area (Å²) >= 11 is 0. The third kappa shape index (κ3) is 6.83. The third-order valence-corrected chi connectivity index (χ3v) is 5.29. The van der Waals surface area contributed by atoms with Crippen molar-refractivity contribution in [3.63, 3.8) is 0 Å². The first-order valence-electron chi connectivity index (χ1n) is 10.8. The van der Waals surface area contributed by atoms with Gasteiger partial charge in [0.05, 0.1) is 25.9 Å². The summed E-state index contributed by atoms with van der Waals surface area (Å²) in [6.07, 6.45) is -0.580. The van der Waals surface area contributed by atoms with Crippen molar-refractivity contribution in [1.29, 1.82) is 0 Å². The number of aliphatic hydroxyl groups is 1. The molecule has 2 aromatic rings. The number of hydrogen-bond acceptors (Lipinski definition) is 4. The van der Waals surface area contributed by atoms with Crippen LogP contribution in [0.4, 0.5) is 0 Å². The molecule has 1 aliphatic rings. The van der Waals surface area contributed by atoms with Crippen LogP contribution in [-0.2, 0) is 17.8 Å². The largest absolute Gasteiger partial charge is 0.387 e. The second-order valence-corrected chi connectivity index (χ2v) is 7.66. The number of aliphatic imine (C=N–C) groups is 1. The minimum atomic E-state index is -0.580. The average Bonchev–Trinajstić information content (AvgIpc) is 2.77. The number of ether oxygens (including phenoxy) is 1. The van der Waals surface area contributed by atoms with Gasteiger partial charge in [0, 0.05) is 32.7 Å². The summed E-state index contributed by atoms with van der Waals surface area (Å²) in [6.45, 7) is 10.3. The molecule has 0 saturated carbocycles. The molecule has 1 aliphatic heterocycles. The molecule has 1 unspecified atom stereocenters. The molecule has 1 atom stereocenters. The van der Waals surface area contributed by atoms with E-state index in [1.165, 1.54) is 16.7 Å². The fourth-order valence-corrected chi connectivity index (χ4v) is 3.47. The molecular weight excluding hydrogens is 376 g/mol. The minimum Gasteiger partial charge on any atom is -0.387 e. The topological polar surface area (TPSA) is 69.1 Å². The van der Waals surface area contributed by atoms with Gasteiger partial charge in [0.15, 0.2) is 5.96 Å². The number of benzene rings is 2. The molecule has 0 aromatic heterocycles. The molecule has 1 saturated heterocycles. The molecule has 1 heterocycles. The fraction of sp³-hybridized carbons (Fsp3) is 0.458. The van der Waals surface area contributed by atoms with E-state index in [4.69, 9.17) is 9.73 Å². The smallest absolute Gasteiger partial charge is 0.191 e. The highest BCUT2D eigenvalue weighted by atomic mass is 16.5. The normalized spacial score (nSPS) is 16.3. The number of guanidine groups is 1. The zero-order valence-electron chi connectivity index (χ0n) is 18.1. The third-order valence-electron chi connectivity index (χ3n) is 5.29. The van der Waals surface area contributed by atoms with Gasteiger partial charge in [0.1, 0.15) is 0 Å². The van der Waals surface area contributed by atoms with E-state index >= 15 is 0 Å². The van der Waals surface area contributed by atoms with Crippen molar-refractivity contribution < 1.29 is 9.84 Å². The van der Waals surface area contributed by atoms with Gasteiger partial charge in [-0.1, -0.05) is 54.1 Å². The maximum Gasteiger partial charge on any atom is 0.191 e. The first kappa shape index (κ1) is 22.3. The first-order valence-corrected chi connectivity index (χ1v) is 10.8. The molecule has 3 rings (SSSR count). The van der Waals surface area contributed by atoms with Crippen LogP contribution in [0.5, 0.6) is 0 Å². The Labute approximate surface area is 180 Å². The summed E-state index contributed by atoms with van der Waals surface area (Å²) in [7, 11) is 0. The van der Waals surface area contributed by atoms with Gasteiger partial charge in [0.2, 0.25) is 0 Å². The van der Waals surface area contributed by atoms with E-state index in [1.54, 1.807) is 0 Å². The fourth-order valence-electron chi connectivity index (χ4n) is 3.47. The molecular formula is C24H34N4O2. The molecule has 1 fully saturated rings. The zero-order valence-corrected chi connectivity index (χ0v) is 18.1. The Hall–Kier alpha value is -2.41. The van der Waals surface area contributed by atoms with Crippen molar-refractivity contribution in [2.45, 2.75) is 33.0 Å². The Morgan fingerprint density at radius 1 is 1.07 bits per heavy atom. The number of nitrogens with zero attached hydrogens (tertiary/aromatic N) is 2. The molecule has 30 heavy (non-hydrogen) atoms. The van der Waals surface area contributed by atoms with Crippen LogP contribution in [0.15, 0.2) is 53.5 Å². The molecule has 2 aromatic carbocycles. The highest BCUT2D eigenvalue weighted by Crippen LogP contribution is 2.15. The maximum atomic E-state index is 10.5. The van der Waals surface area contributed by atoms with E-state index in [0.29, 0.717) is 19.0 Å². The van der Waals surface area contributed by atoms with Crippen LogP contribution >= 0.6 is 0 Å². The van der Waals surface area contributed by atoms with Gasteiger partial charge in [-0.2, -0.15) is 0 Å². The van der Waals surface area contributed by atoms with Crippen LogP contribution in [0.2, 0.25) is 0 Å². The van der Waals surface area contributed by atoms with E-state index in [9.17, 15) is 5.11 Å². The van der Waals surface area contributed by atoms with Crippen molar-refractivity contribution in [2.24, 2.45) is 4.99 Å². The summed E-state index contributed by atoms with van der Waals surface area (Å²) < 4.78 is 5.46. The standard InChI is InChI=1S/C24H34N4O2/c1-3-25-24(27-17-23(29)20-10-8-19(2)9-11-20)26-16-21-6-4-5-7-22(21)18-28-12-14-30-15-13-28/h4-11,23,29H,3,12-18H2,1-2H3,(H2,25,26,27). The predicted octanol–water partition coefficient (Wildman–Crippen LogP) is 2.62. The zero-order chi connectivity index (χ0) is 21.2. The number of morpholine rings is 1. The highest BCUT2D eigenvalue weighted by Gasteiger charge is 2.13. The van der Waals surface area contributed by atoms with Crippen molar-refractivity contribution >= 4 is 5.96 Å². The van der Waals surface area contributed by atoms with Gasteiger partial charge in [0.25, 0.3) is 0 Å². The minimum absolute atomic E-state index is 0.407. The van der Waals surface area contributed by atoms with Crippen molar-refractivity contribution in [3.8, 4) is 0 Å². The second-order valence-electron chi connectivity index (χ2n) is 7.66. The highest BCUT2D eigenvalue weighted by molar-refractivity contribution is 5.79. The van der Waals surface area contributed by atoms with Gasteiger partial charge in [-0.15, -0.1) is 0 Å². The number of hydrogen-bond donors (Lipinski definition) is 3. The van der Waals surface area contributed by atoms with Gasteiger partial charge in [-0.3, -0.25) is 4.90 Å². The van der Waals surface area contributed by atoms with E-state index < -0.39 is 6.10 Å². The Kier molecular flexibility index (Phi) is 8.68. The van der Waals surface area contributed by atoms with Gasteiger partial charge in [-0.25, -0.2) is 4.99 Å². The van der Waals surface area contributed by atoms with Crippen LogP contribution < -0.4 is 10.6 Å². The van der Waals surface area contributed by atoms with Crippen molar-refractivity contribution in [1.82, 2.24) is 15.5 Å². The van der Waals surface area contributed by atoms with Gasteiger partial charge < -0.3 is 20.5 Å². The van der Waals surface area contributed by atoms with E-state index in [1.807, 2.05) is 38.1 Å². The van der Waals surface area contributed by atoms with Crippen LogP contribution in [-0.4, -0.2) is 55.4 Å². The lowest BCUT2D eigenvalue weighted by atomic mass is 10.1. The molecule has 162 valence electrons. The summed E-state index contributed by atoms with van der Waals surface area (Å²) in [6, 6.07) is 16.4. The van der Waals surface area contributed by atoms with E-state index in [-0.39, 0.29) is 0 Å². The predicted molar refractivity (Wildman–Crippen MR) is 121 cm³/mol. The molecule has 0 amide bonds. The summed E-state index contributed by atoms with van der Waals surface area (Å²) in [4.78, 5) is 7.18. The molecule has 0 spiro atoms. The molecule has 0 radical (unpaired) electrons. The molecule has 0 bridgehead atoms. The first-order chi connectivity index (χ1) is 14.7. The number of nitrogens with one attached hydrogen (secondary N) is 2. The van der Waals surface area contributed by atoms with Crippen molar-refractivity contribution in [2.75, 3.05) is 39.4 Å². The van der Waals surface area contributed by atoms with Crippen LogP contribution in [0.3, 0.4) is 0 Å². The number of aryl methyl sites for hydroxylation is 1. The molecule has 6 nitrogen and oxygen atoms in total.